The summed E-state index contributed by atoms with van der Waals surface area (Å²) in [6.07, 6.45) is 0.986. The molecule has 2 rings (SSSR count). The summed E-state index contributed by atoms with van der Waals surface area (Å²) in [4.78, 5) is 0. The highest BCUT2D eigenvalue weighted by atomic mass is 31.1. The molecule has 3 nitrogen and oxygen atoms in total. The summed E-state index contributed by atoms with van der Waals surface area (Å²) in [6.45, 7) is 13.0. The van der Waals surface area contributed by atoms with E-state index in [4.69, 9.17) is 9.05 Å². The molecule has 2 atom stereocenters. The highest BCUT2D eigenvalue weighted by Crippen LogP contribution is 2.45. The van der Waals surface area contributed by atoms with Gasteiger partial charge >= 0.3 is 8.25 Å². The summed E-state index contributed by atoms with van der Waals surface area (Å²) in [5, 5.41) is 0. The molecule has 28 heavy (non-hydrogen) atoms. The fourth-order valence-corrected chi connectivity index (χ4v) is 3.97. The van der Waals surface area contributed by atoms with E-state index in [-0.39, 0.29) is 23.0 Å². The van der Waals surface area contributed by atoms with Crippen molar-refractivity contribution in [2.75, 3.05) is 0 Å². The Morgan fingerprint density at radius 1 is 0.679 bits per heavy atom. The van der Waals surface area contributed by atoms with Crippen LogP contribution in [0.25, 0.3) is 0 Å². The molecule has 0 radical (unpaired) electrons. The van der Waals surface area contributed by atoms with Crippen LogP contribution >= 0.6 is 8.25 Å². The van der Waals surface area contributed by atoms with Crippen molar-refractivity contribution in [1.29, 1.82) is 0 Å². The van der Waals surface area contributed by atoms with E-state index in [1.807, 2.05) is 60.7 Å². The quantitative estimate of drug-likeness (QED) is 0.420. The van der Waals surface area contributed by atoms with Gasteiger partial charge in [0.1, 0.15) is 12.2 Å². The predicted molar refractivity (Wildman–Crippen MR) is 116 cm³/mol. The second kappa shape index (κ2) is 9.78. The lowest BCUT2D eigenvalue weighted by atomic mass is 9.87. The van der Waals surface area contributed by atoms with E-state index in [0.717, 1.165) is 24.0 Å². The van der Waals surface area contributed by atoms with E-state index >= 15 is 0 Å². The third-order valence-corrected chi connectivity index (χ3v) is 5.22. The van der Waals surface area contributed by atoms with Crippen LogP contribution in [0.4, 0.5) is 0 Å². The Labute approximate surface area is 171 Å². The number of hydrogen-bond donors (Lipinski definition) is 0. The maximum absolute atomic E-state index is 12.9. The maximum Gasteiger partial charge on any atom is 0.698 e. The van der Waals surface area contributed by atoms with Crippen molar-refractivity contribution >= 4 is 8.25 Å². The molecule has 0 saturated carbocycles. The Bertz CT molecular complexity index is 666. The van der Waals surface area contributed by atoms with Crippen LogP contribution in [0, 0.1) is 10.8 Å². The monoisotopic (exact) mass is 401 g/mol. The van der Waals surface area contributed by atoms with E-state index < -0.39 is 8.25 Å². The highest BCUT2D eigenvalue weighted by molar-refractivity contribution is 7.33. The van der Waals surface area contributed by atoms with E-state index in [9.17, 15) is 4.57 Å². The molecule has 4 heteroatoms. The van der Waals surface area contributed by atoms with Crippen LogP contribution in [-0.4, -0.2) is 0 Å². The van der Waals surface area contributed by atoms with Gasteiger partial charge in [-0.15, -0.1) is 9.05 Å². The fourth-order valence-electron chi connectivity index (χ4n) is 3.11. The average Bonchev–Trinajstić information content (AvgIpc) is 2.60. The molecule has 0 heterocycles. The van der Waals surface area contributed by atoms with Crippen LogP contribution < -0.4 is 0 Å². The van der Waals surface area contributed by atoms with Crippen molar-refractivity contribution in [3.63, 3.8) is 0 Å². The van der Waals surface area contributed by atoms with E-state index in [0.29, 0.717) is 0 Å². The first-order valence-electron chi connectivity index (χ1n) is 9.94. The molecule has 2 aromatic carbocycles. The lowest BCUT2D eigenvalue weighted by molar-refractivity contribution is 0.0873. The van der Waals surface area contributed by atoms with Crippen LogP contribution in [0.1, 0.15) is 77.7 Å². The van der Waals surface area contributed by atoms with Crippen molar-refractivity contribution in [1.82, 2.24) is 0 Å². The van der Waals surface area contributed by atoms with Gasteiger partial charge in [0.15, 0.2) is 0 Å². The first-order chi connectivity index (χ1) is 13.0. The second-order valence-corrected chi connectivity index (χ2v) is 10.6. The van der Waals surface area contributed by atoms with Crippen LogP contribution in [-0.2, 0) is 13.6 Å². The molecule has 0 N–H and O–H groups in total. The van der Waals surface area contributed by atoms with Crippen LogP contribution in [0.2, 0.25) is 0 Å². The Balaban J connectivity index is 2.16. The number of benzene rings is 2. The molecule has 0 amide bonds. The van der Waals surface area contributed by atoms with Crippen molar-refractivity contribution in [2.45, 2.75) is 66.6 Å². The minimum atomic E-state index is -2.26. The molecular formula is C24H34O3P+. The summed E-state index contributed by atoms with van der Waals surface area (Å²) in [6, 6.07) is 19.9. The zero-order valence-electron chi connectivity index (χ0n) is 18.0. The SMILES string of the molecule is CC(C)(C)C[C@@H](O[P+](=O)O[C@H](CC(C)(C)C)c1ccccc1)c1ccccc1. The standard InChI is InChI=1S/C24H34O3P/c1-23(2,3)17-21(19-13-9-7-10-14-19)26-28(25)27-22(18-24(4,5)6)20-15-11-8-12-16-20/h7-16,21-22H,17-18H2,1-6H3/q+1/t21-,22-/m1/s1. The minimum absolute atomic E-state index is 0.0426. The molecule has 0 unspecified atom stereocenters. The van der Waals surface area contributed by atoms with Gasteiger partial charge in [0.25, 0.3) is 0 Å². The largest absolute Gasteiger partial charge is 0.698 e. The van der Waals surface area contributed by atoms with E-state index in [1.54, 1.807) is 0 Å². The molecule has 2 aromatic rings. The Hall–Kier alpha value is -1.54. The lowest BCUT2D eigenvalue weighted by Gasteiger charge is -2.24. The summed E-state index contributed by atoms with van der Waals surface area (Å²) in [5.41, 5.74) is 2.13. The average molecular weight is 402 g/mol. The zero-order chi connectivity index (χ0) is 20.8. The third kappa shape index (κ3) is 8.22. The van der Waals surface area contributed by atoms with Crippen LogP contribution in [0.3, 0.4) is 0 Å². The topological polar surface area (TPSA) is 35.5 Å². The van der Waals surface area contributed by atoms with E-state index in [1.165, 1.54) is 0 Å². The Morgan fingerprint density at radius 3 is 1.29 bits per heavy atom. The van der Waals surface area contributed by atoms with Crippen molar-refractivity contribution in [2.24, 2.45) is 10.8 Å². The Kier molecular flexibility index (Phi) is 7.95. The molecule has 0 aliphatic rings. The number of rotatable bonds is 8. The van der Waals surface area contributed by atoms with Crippen molar-refractivity contribution < 1.29 is 13.6 Å². The minimum Gasteiger partial charge on any atom is -0.111 e. The first-order valence-corrected chi connectivity index (χ1v) is 11.0. The first kappa shape index (κ1) is 22.7. The molecule has 0 fully saturated rings. The summed E-state index contributed by atoms with van der Waals surface area (Å²) < 4.78 is 24.8. The highest BCUT2D eigenvalue weighted by Gasteiger charge is 2.36. The molecule has 0 aliphatic carbocycles. The van der Waals surface area contributed by atoms with Gasteiger partial charge < -0.3 is 0 Å². The van der Waals surface area contributed by atoms with Gasteiger partial charge in [-0.2, -0.15) is 0 Å². The van der Waals surface area contributed by atoms with Gasteiger partial charge in [0.05, 0.1) is 0 Å². The molecule has 0 aromatic heterocycles. The summed E-state index contributed by atoms with van der Waals surface area (Å²) in [7, 11) is -2.26. The normalized spacial score (nSPS) is 14.5. The molecule has 0 saturated heterocycles. The molecule has 0 spiro atoms. The molecule has 0 bridgehead atoms. The summed E-state index contributed by atoms with van der Waals surface area (Å²) >= 11 is 0. The maximum atomic E-state index is 12.9. The van der Waals surface area contributed by atoms with Crippen molar-refractivity contribution in [3.05, 3.63) is 71.8 Å². The summed E-state index contributed by atoms with van der Waals surface area (Å²) in [5.74, 6) is 0. The van der Waals surface area contributed by atoms with Gasteiger partial charge in [-0.25, -0.2) is 0 Å². The van der Waals surface area contributed by atoms with E-state index in [2.05, 4.69) is 41.5 Å². The van der Waals surface area contributed by atoms with Gasteiger partial charge in [0.2, 0.25) is 0 Å². The smallest absolute Gasteiger partial charge is 0.111 e. The molecule has 152 valence electrons. The Morgan fingerprint density at radius 2 is 1.00 bits per heavy atom. The van der Waals surface area contributed by atoms with Gasteiger partial charge in [0, 0.05) is 4.57 Å². The number of hydrogen-bond acceptors (Lipinski definition) is 3. The fraction of sp³-hybridized carbons (Fsp3) is 0.500. The van der Waals surface area contributed by atoms with Gasteiger partial charge in [-0.3, -0.25) is 0 Å². The molecule has 0 aliphatic heterocycles. The van der Waals surface area contributed by atoms with Gasteiger partial charge in [-0.1, -0.05) is 102 Å². The predicted octanol–water partition coefficient (Wildman–Crippen LogP) is 8.03. The molecular weight excluding hydrogens is 367 g/mol. The third-order valence-electron chi connectivity index (χ3n) is 4.36. The second-order valence-electron chi connectivity index (χ2n) is 9.76. The lowest BCUT2D eigenvalue weighted by Crippen LogP contribution is -2.15. The van der Waals surface area contributed by atoms with Crippen molar-refractivity contribution in [3.8, 4) is 0 Å². The van der Waals surface area contributed by atoms with Crippen LogP contribution in [0.5, 0.6) is 0 Å². The zero-order valence-corrected chi connectivity index (χ0v) is 18.9. The van der Waals surface area contributed by atoms with Crippen LogP contribution in [0.15, 0.2) is 60.7 Å². The van der Waals surface area contributed by atoms with Gasteiger partial charge in [-0.05, 0) is 34.8 Å².